The third-order valence-corrected chi connectivity index (χ3v) is 11.1. The van der Waals surface area contributed by atoms with Crippen molar-refractivity contribution in [3.8, 4) is 17.2 Å². The fourth-order valence-corrected chi connectivity index (χ4v) is 8.29. The van der Waals surface area contributed by atoms with E-state index in [0.717, 1.165) is 9.37 Å². The molecule has 2 aliphatic heterocycles. The number of imide groups is 2. The highest BCUT2D eigenvalue weighted by Gasteiger charge is 2.75. The molecule has 0 aromatic heterocycles. The van der Waals surface area contributed by atoms with E-state index in [0.29, 0.717) is 16.8 Å². The molecule has 4 amide bonds. The molecule has 3 fully saturated rings. The zero-order valence-corrected chi connectivity index (χ0v) is 26.4. The Morgan fingerprint density at radius 2 is 1.60 bits per heavy atom. The topological polar surface area (TPSA) is 113 Å². The Balaban J connectivity index is 1.46. The van der Waals surface area contributed by atoms with Crippen LogP contribution in [0, 0.1) is 23.7 Å². The van der Waals surface area contributed by atoms with E-state index in [1.807, 2.05) is 6.08 Å². The number of carbonyl (C=O) groups is 4. The van der Waals surface area contributed by atoms with Crippen LogP contribution >= 0.6 is 39.1 Å². The molecular formula is C31H27BrCl2N2O7. The normalized spacial score (nSPS) is 31.7. The lowest BCUT2D eigenvalue weighted by atomic mass is 9.57. The minimum atomic E-state index is -1.88. The molecule has 2 saturated heterocycles. The van der Waals surface area contributed by atoms with Gasteiger partial charge in [-0.15, -0.1) is 23.2 Å². The molecule has 4 aliphatic rings. The second kappa shape index (κ2) is 10.4. The highest BCUT2D eigenvalue weighted by Crippen LogP contribution is 2.63. The number of alkyl halides is 2. The van der Waals surface area contributed by atoms with E-state index < -0.39 is 45.2 Å². The Morgan fingerprint density at radius 3 is 2.21 bits per heavy atom. The van der Waals surface area contributed by atoms with Gasteiger partial charge in [0, 0.05) is 17.4 Å². The molecule has 2 aliphatic carbocycles. The van der Waals surface area contributed by atoms with Crippen LogP contribution in [0.2, 0.25) is 0 Å². The summed E-state index contributed by atoms with van der Waals surface area (Å²) in [5.74, 6) is -4.78. The third kappa shape index (κ3) is 4.09. The van der Waals surface area contributed by atoms with Gasteiger partial charge >= 0.3 is 0 Å². The third-order valence-electron chi connectivity index (χ3n) is 9.14. The summed E-state index contributed by atoms with van der Waals surface area (Å²) in [5.41, 5.74) is 1.69. The van der Waals surface area contributed by atoms with Gasteiger partial charge < -0.3 is 14.6 Å². The van der Waals surface area contributed by atoms with Gasteiger partial charge in [-0.2, -0.15) is 0 Å². The molecule has 6 unspecified atom stereocenters. The first-order chi connectivity index (χ1) is 20.4. The number of nitrogens with zero attached hydrogens (tertiary/aromatic N) is 2. The molecule has 43 heavy (non-hydrogen) atoms. The van der Waals surface area contributed by atoms with Crippen molar-refractivity contribution in [1.29, 1.82) is 0 Å². The molecule has 0 radical (unpaired) electrons. The molecule has 1 N–H and O–H groups in total. The maximum atomic E-state index is 14.0. The van der Waals surface area contributed by atoms with Crippen LogP contribution in [0.25, 0.3) is 6.08 Å². The second-order valence-corrected chi connectivity index (χ2v) is 13.3. The van der Waals surface area contributed by atoms with Gasteiger partial charge in [-0.3, -0.25) is 29.0 Å². The minimum absolute atomic E-state index is 0.0850. The van der Waals surface area contributed by atoms with Gasteiger partial charge in [-0.25, -0.2) is 0 Å². The summed E-state index contributed by atoms with van der Waals surface area (Å²) in [6, 6.07) is 10.1. The van der Waals surface area contributed by atoms with E-state index in [4.69, 9.17) is 32.7 Å². The molecule has 0 bridgehead atoms. The largest absolute Gasteiger partial charge is 0.502 e. The zero-order valence-electron chi connectivity index (χ0n) is 23.3. The molecule has 6 atom stereocenters. The number of amides is 4. The summed E-state index contributed by atoms with van der Waals surface area (Å²) in [6.07, 6.45) is 5.41. The zero-order chi connectivity index (χ0) is 31.0. The van der Waals surface area contributed by atoms with Crippen molar-refractivity contribution in [3.05, 3.63) is 64.2 Å². The summed E-state index contributed by atoms with van der Waals surface area (Å²) in [7, 11) is 4.15. The molecule has 0 spiro atoms. The first-order valence-corrected chi connectivity index (χ1v) is 15.1. The molecule has 6 rings (SSSR count). The molecule has 2 aromatic rings. The van der Waals surface area contributed by atoms with Crippen molar-refractivity contribution in [1.82, 2.24) is 4.90 Å². The van der Waals surface area contributed by atoms with Crippen molar-refractivity contribution < 1.29 is 33.8 Å². The van der Waals surface area contributed by atoms with Crippen LogP contribution in [-0.4, -0.2) is 64.7 Å². The second-order valence-electron chi connectivity index (χ2n) is 11.2. The maximum Gasteiger partial charge on any atom is 0.253 e. The number of phenolic OH excluding ortho intramolecular Hbond substituents is 1. The molecule has 12 heteroatoms. The van der Waals surface area contributed by atoms with Crippen molar-refractivity contribution in [2.24, 2.45) is 23.7 Å². The number of likely N-dealkylation sites (tertiary alicyclic amines) is 1. The number of halogens is 3. The summed E-state index contributed by atoms with van der Waals surface area (Å²) >= 11 is 17.7. The number of phenols is 1. The van der Waals surface area contributed by atoms with Crippen molar-refractivity contribution in [3.63, 3.8) is 0 Å². The fourth-order valence-electron chi connectivity index (χ4n) is 7.05. The molecule has 2 aromatic carbocycles. The first-order valence-electron chi connectivity index (χ1n) is 13.6. The number of aromatic hydroxyl groups is 1. The average Bonchev–Trinajstić information content (AvgIpc) is 3.32. The van der Waals surface area contributed by atoms with Crippen LogP contribution in [0.15, 0.2) is 58.6 Å². The first kappa shape index (κ1) is 29.7. The molecule has 224 valence electrons. The van der Waals surface area contributed by atoms with Crippen LogP contribution < -0.4 is 14.4 Å². The predicted octanol–water partition coefficient (Wildman–Crippen LogP) is 4.91. The van der Waals surface area contributed by atoms with Crippen LogP contribution in [0.3, 0.4) is 0 Å². The fraction of sp³-hybridized carbons (Fsp3) is 0.355. The number of hydrogen-bond acceptors (Lipinski definition) is 7. The van der Waals surface area contributed by atoms with E-state index in [9.17, 15) is 24.3 Å². The Hall–Kier alpha value is -3.34. The Morgan fingerprint density at radius 1 is 0.977 bits per heavy atom. The van der Waals surface area contributed by atoms with Gasteiger partial charge in [-0.05, 0) is 60.7 Å². The number of carbonyl (C=O) groups excluding carboxylic acids is 4. The van der Waals surface area contributed by atoms with Gasteiger partial charge in [0.25, 0.3) is 11.8 Å². The lowest BCUT2D eigenvalue weighted by Crippen LogP contribution is -2.60. The Bertz CT molecular complexity index is 1620. The van der Waals surface area contributed by atoms with Crippen molar-refractivity contribution in [2.75, 3.05) is 26.2 Å². The lowest BCUT2D eigenvalue weighted by molar-refractivity contribution is -0.138. The van der Waals surface area contributed by atoms with Crippen molar-refractivity contribution >= 4 is 74.5 Å². The van der Waals surface area contributed by atoms with Gasteiger partial charge in [0.15, 0.2) is 21.2 Å². The van der Waals surface area contributed by atoms with Gasteiger partial charge in [-0.1, -0.05) is 39.7 Å². The summed E-state index contributed by atoms with van der Waals surface area (Å²) in [6.45, 7) is 0. The SMILES string of the molecule is COc1cc(C=CC2C3=CCC4C(=O)N(c5ccc(Br)cc5)C(=O)C4C3CC3(Cl)C(=O)N(C)C(=O)C23Cl)cc(OC)c1O. The van der Waals surface area contributed by atoms with E-state index in [1.54, 1.807) is 48.6 Å². The van der Waals surface area contributed by atoms with Gasteiger partial charge in [0.05, 0.1) is 31.7 Å². The quantitative estimate of drug-likeness (QED) is 0.270. The number of allylic oxidation sites excluding steroid dienone is 3. The summed E-state index contributed by atoms with van der Waals surface area (Å²) in [4.78, 5) is 53.2. The van der Waals surface area contributed by atoms with Crippen LogP contribution in [0.5, 0.6) is 17.2 Å². The Labute approximate surface area is 266 Å². The molecule has 1 saturated carbocycles. The molecule has 9 nitrogen and oxygen atoms in total. The van der Waals surface area contributed by atoms with Crippen LogP contribution in [0.1, 0.15) is 18.4 Å². The van der Waals surface area contributed by atoms with Gasteiger partial charge in [0.2, 0.25) is 17.6 Å². The van der Waals surface area contributed by atoms with Crippen LogP contribution in [-0.2, 0) is 19.2 Å². The minimum Gasteiger partial charge on any atom is -0.502 e. The number of fused-ring (bicyclic) bond motifs is 4. The van der Waals surface area contributed by atoms with Crippen LogP contribution in [0.4, 0.5) is 5.69 Å². The van der Waals surface area contributed by atoms with E-state index in [1.165, 1.54) is 26.2 Å². The monoisotopic (exact) mass is 688 g/mol. The smallest absolute Gasteiger partial charge is 0.253 e. The predicted molar refractivity (Wildman–Crippen MR) is 163 cm³/mol. The summed E-state index contributed by atoms with van der Waals surface area (Å²) < 4.78 is 11.4. The van der Waals surface area contributed by atoms with E-state index in [2.05, 4.69) is 15.9 Å². The van der Waals surface area contributed by atoms with Gasteiger partial charge in [0.1, 0.15) is 0 Å². The van der Waals surface area contributed by atoms with E-state index >= 15 is 0 Å². The molecule has 2 heterocycles. The number of rotatable bonds is 5. The number of methoxy groups -OCH3 is 2. The number of benzene rings is 2. The Kier molecular flexibility index (Phi) is 7.18. The lowest BCUT2D eigenvalue weighted by Gasteiger charge is -2.49. The number of ether oxygens (including phenoxy) is 2. The number of anilines is 1. The maximum absolute atomic E-state index is 14.0. The number of hydrogen-bond donors (Lipinski definition) is 1. The standard InChI is InChI=1S/C31H27BrCl2N2O7/c1-35-28(40)30(33)14-20-18(9-10-19-24(20)27(39)36(26(19)38)17-7-5-16(32)6-8-17)21(31(30,34)29(35)41)11-4-15-12-22(42-2)25(37)23(13-15)43-3/h4-9,11-13,19-21,24,37H,10,14H2,1-3H3. The highest BCUT2D eigenvalue weighted by molar-refractivity contribution is 9.10. The average molecular weight is 690 g/mol. The summed E-state index contributed by atoms with van der Waals surface area (Å²) in [5, 5.41) is 10.4. The van der Waals surface area contributed by atoms with E-state index in [-0.39, 0.29) is 41.9 Å². The van der Waals surface area contributed by atoms with Crippen molar-refractivity contribution in [2.45, 2.75) is 22.6 Å². The highest BCUT2D eigenvalue weighted by atomic mass is 79.9. The molecular weight excluding hydrogens is 663 g/mol.